The molecule has 3 aromatic carbocycles. The number of ether oxygens (including phenoxy) is 3. The van der Waals surface area contributed by atoms with Crippen molar-refractivity contribution in [2.75, 3.05) is 34.4 Å². The van der Waals surface area contributed by atoms with E-state index in [1.807, 2.05) is 42.5 Å². The van der Waals surface area contributed by atoms with Crippen molar-refractivity contribution in [1.82, 2.24) is 10.2 Å². The van der Waals surface area contributed by atoms with Crippen molar-refractivity contribution in [3.05, 3.63) is 54.1 Å². The minimum Gasteiger partial charge on any atom is -0.493 e. The highest BCUT2D eigenvalue weighted by Gasteiger charge is 2.27. The predicted octanol–water partition coefficient (Wildman–Crippen LogP) is 3.43. The zero-order valence-corrected chi connectivity index (χ0v) is 20.1. The van der Waals surface area contributed by atoms with Crippen molar-refractivity contribution in [3.63, 3.8) is 0 Å². The van der Waals surface area contributed by atoms with Crippen LogP contribution in [0, 0.1) is 12.3 Å². The minimum atomic E-state index is -0.440. The zero-order valence-electron chi connectivity index (χ0n) is 20.1. The third-order valence-corrected chi connectivity index (χ3v) is 6.27. The molecule has 7 heteroatoms. The van der Waals surface area contributed by atoms with Crippen molar-refractivity contribution in [2.45, 2.75) is 18.9 Å². The molecule has 35 heavy (non-hydrogen) atoms. The van der Waals surface area contributed by atoms with E-state index in [-0.39, 0.29) is 11.9 Å². The van der Waals surface area contributed by atoms with Gasteiger partial charge in [0, 0.05) is 19.1 Å². The number of rotatable bonds is 7. The first-order valence-electron chi connectivity index (χ1n) is 11.3. The van der Waals surface area contributed by atoms with Crippen LogP contribution >= 0.6 is 0 Å². The van der Waals surface area contributed by atoms with Crippen LogP contribution in [0.4, 0.5) is 0 Å². The molecule has 0 saturated carbocycles. The summed E-state index contributed by atoms with van der Waals surface area (Å²) in [5.41, 5.74) is 2.90. The number of benzene rings is 3. The first kappa shape index (κ1) is 24.0. The average molecular weight is 473 g/mol. The van der Waals surface area contributed by atoms with Gasteiger partial charge in [-0.2, -0.15) is 0 Å². The summed E-state index contributed by atoms with van der Waals surface area (Å²) in [6.45, 7) is 1.10. The molecule has 3 aromatic rings. The van der Waals surface area contributed by atoms with E-state index in [1.54, 1.807) is 26.2 Å². The Hall–Kier alpha value is -4.18. The molecule has 0 radical (unpaired) electrons. The first-order valence-corrected chi connectivity index (χ1v) is 11.3. The van der Waals surface area contributed by atoms with E-state index in [9.17, 15) is 9.59 Å². The van der Waals surface area contributed by atoms with Gasteiger partial charge in [-0.05, 0) is 58.0 Å². The molecular weight excluding hydrogens is 444 g/mol. The first-order chi connectivity index (χ1) is 16.9. The lowest BCUT2D eigenvalue weighted by Crippen LogP contribution is -2.38. The Morgan fingerprint density at radius 2 is 1.66 bits per heavy atom. The number of terminal acetylenes is 1. The van der Waals surface area contributed by atoms with Gasteiger partial charge in [-0.1, -0.05) is 30.3 Å². The minimum absolute atomic E-state index is 0.0378. The highest BCUT2D eigenvalue weighted by molar-refractivity contribution is 5.93. The Balaban J connectivity index is 1.51. The van der Waals surface area contributed by atoms with Gasteiger partial charge in [0.05, 0.1) is 27.8 Å². The number of likely N-dealkylation sites (tertiary alicyclic amines) is 1. The smallest absolute Gasteiger partial charge is 0.295 e. The van der Waals surface area contributed by atoms with Crippen LogP contribution in [0.15, 0.2) is 48.5 Å². The molecule has 1 aliphatic heterocycles. The Morgan fingerprint density at radius 3 is 2.31 bits per heavy atom. The van der Waals surface area contributed by atoms with Gasteiger partial charge >= 0.3 is 0 Å². The third-order valence-electron chi connectivity index (χ3n) is 6.27. The van der Waals surface area contributed by atoms with Crippen LogP contribution in [0.2, 0.25) is 0 Å². The molecule has 0 bridgehead atoms. The molecule has 1 unspecified atom stereocenters. The summed E-state index contributed by atoms with van der Waals surface area (Å²) in [5.74, 6) is 3.39. The predicted molar refractivity (Wildman–Crippen MR) is 135 cm³/mol. The molecule has 1 fully saturated rings. The molecule has 1 saturated heterocycles. The van der Waals surface area contributed by atoms with Crippen molar-refractivity contribution >= 4 is 22.6 Å². The number of nitrogens with one attached hydrogen (secondary N) is 1. The molecule has 4 rings (SSSR count). The van der Waals surface area contributed by atoms with E-state index in [0.717, 1.165) is 27.5 Å². The van der Waals surface area contributed by atoms with Crippen LogP contribution in [0.5, 0.6) is 17.2 Å². The van der Waals surface area contributed by atoms with Crippen molar-refractivity contribution in [2.24, 2.45) is 0 Å². The number of amides is 2. The Bertz CT molecular complexity index is 1290. The third kappa shape index (κ3) is 5.17. The Labute approximate surface area is 205 Å². The fourth-order valence-electron chi connectivity index (χ4n) is 4.45. The number of carbonyl (C=O) groups is 2. The van der Waals surface area contributed by atoms with Gasteiger partial charge in [0.15, 0.2) is 11.5 Å². The fraction of sp³-hybridized carbons (Fsp3) is 0.286. The fourth-order valence-corrected chi connectivity index (χ4v) is 4.45. The number of carbonyl (C=O) groups excluding carboxylic acids is 2. The second-order valence-corrected chi connectivity index (χ2v) is 8.43. The Morgan fingerprint density at radius 1 is 0.971 bits per heavy atom. The van der Waals surface area contributed by atoms with E-state index in [4.69, 9.17) is 20.6 Å². The van der Waals surface area contributed by atoms with E-state index in [0.29, 0.717) is 43.2 Å². The summed E-state index contributed by atoms with van der Waals surface area (Å²) in [6.07, 6.45) is 6.13. The van der Waals surface area contributed by atoms with Crippen LogP contribution in [-0.4, -0.2) is 57.2 Å². The molecule has 0 aromatic heterocycles. The summed E-state index contributed by atoms with van der Waals surface area (Å²) < 4.78 is 16.4. The molecule has 0 spiro atoms. The van der Waals surface area contributed by atoms with Gasteiger partial charge in [-0.3, -0.25) is 9.59 Å². The molecule has 1 heterocycles. The molecule has 1 atom stereocenters. The molecule has 180 valence electrons. The number of methoxy groups -OCH3 is 3. The van der Waals surface area contributed by atoms with Crippen LogP contribution in [-0.2, 0) is 16.0 Å². The molecule has 7 nitrogen and oxygen atoms in total. The molecule has 2 amide bonds. The average Bonchev–Trinajstić information content (AvgIpc) is 3.35. The van der Waals surface area contributed by atoms with Crippen LogP contribution in [0.1, 0.15) is 12.0 Å². The van der Waals surface area contributed by atoms with Gasteiger partial charge in [0.25, 0.3) is 5.91 Å². The van der Waals surface area contributed by atoms with Crippen molar-refractivity contribution in [1.29, 1.82) is 0 Å². The van der Waals surface area contributed by atoms with Crippen LogP contribution in [0.3, 0.4) is 0 Å². The standard InChI is InChI=1S/C28H28N2O5/c1-5-26(31)29-23-10-11-30(17-23)27(32)13-18-6-7-20-14-21(9-8-19(20)12-18)22-15-24(33-2)28(35-4)25(16-22)34-3/h1,6-9,12,14-16,23H,10-11,13,17H2,2-4H3,(H,29,31). The largest absolute Gasteiger partial charge is 0.493 e. The second kappa shape index (κ2) is 10.4. The number of hydrogen-bond acceptors (Lipinski definition) is 5. The topological polar surface area (TPSA) is 77.1 Å². The Kier molecular flexibility index (Phi) is 7.11. The summed E-state index contributed by atoms with van der Waals surface area (Å²) in [4.78, 5) is 26.0. The second-order valence-electron chi connectivity index (χ2n) is 8.43. The molecular formula is C28H28N2O5. The summed E-state index contributed by atoms with van der Waals surface area (Å²) in [7, 11) is 4.78. The number of nitrogens with zero attached hydrogens (tertiary/aromatic N) is 1. The van der Waals surface area contributed by atoms with Crippen LogP contribution < -0.4 is 19.5 Å². The van der Waals surface area contributed by atoms with E-state index < -0.39 is 5.91 Å². The van der Waals surface area contributed by atoms with E-state index in [1.165, 1.54) is 0 Å². The van der Waals surface area contributed by atoms with Crippen LogP contribution in [0.25, 0.3) is 21.9 Å². The lowest BCUT2D eigenvalue weighted by atomic mass is 9.98. The summed E-state index contributed by atoms with van der Waals surface area (Å²) in [6, 6.07) is 16.0. The maximum Gasteiger partial charge on any atom is 0.295 e. The normalized spacial score (nSPS) is 14.9. The van der Waals surface area contributed by atoms with Crippen molar-refractivity contribution < 1.29 is 23.8 Å². The van der Waals surface area contributed by atoms with E-state index in [2.05, 4.69) is 17.3 Å². The zero-order chi connectivity index (χ0) is 24.9. The SMILES string of the molecule is C#CC(=O)NC1CCN(C(=O)Cc2ccc3cc(-c4cc(OC)c(OC)c(OC)c4)ccc3c2)C1. The number of hydrogen-bond donors (Lipinski definition) is 1. The van der Waals surface area contributed by atoms with Gasteiger partial charge in [0.1, 0.15) is 0 Å². The highest BCUT2D eigenvalue weighted by atomic mass is 16.5. The van der Waals surface area contributed by atoms with Gasteiger partial charge in [0.2, 0.25) is 11.7 Å². The summed E-state index contributed by atoms with van der Waals surface area (Å²) in [5, 5.41) is 4.86. The van der Waals surface area contributed by atoms with Crippen molar-refractivity contribution in [3.8, 4) is 40.7 Å². The number of fused-ring (bicyclic) bond motifs is 1. The summed E-state index contributed by atoms with van der Waals surface area (Å²) >= 11 is 0. The van der Waals surface area contributed by atoms with Gasteiger partial charge in [-0.15, -0.1) is 6.42 Å². The maximum absolute atomic E-state index is 12.8. The van der Waals surface area contributed by atoms with Gasteiger partial charge in [-0.25, -0.2) is 0 Å². The highest BCUT2D eigenvalue weighted by Crippen LogP contribution is 2.41. The molecule has 1 aliphatic rings. The maximum atomic E-state index is 12.8. The molecule has 0 aliphatic carbocycles. The monoisotopic (exact) mass is 472 g/mol. The van der Waals surface area contributed by atoms with Gasteiger partial charge < -0.3 is 24.4 Å². The lowest BCUT2D eigenvalue weighted by molar-refractivity contribution is -0.129. The van der Waals surface area contributed by atoms with E-state index >= 15 is 0 Å². The quantitative estimate of drug-likeness (QED) is 0.533. The lowest BCUT2D eigenvalue weighted by Gasteiger charge is -2.17. The molecule has 1 N–H and O–H groups in total.